The number of benzene rings is 1. The van der Waals surface area contributed by atoms with Crippen LogP contribution in [0.25, 0.3) is 0 Å². The maximum absolute atomic E-state index is 12.5. The maximum Gasteiger partial charge on any atom is 0.244 e. The van der Waals surface area contributed by atoms with Crippen LogP contribution in [0.15, 0.2) is 28.7 Å². The number of hydrogen-bond acceptors (Lipinski definition) is 4. The predicted molar refractivity (Wildman–Crippen MR) is 110 cm³/mol. The summed E-state index contributed by atoms with van der Waals surface area (Å²) in [6, 6.07) is 7.53. The van der Waals surface area contributed by atoms with Gasteiger partial charge < -0.3 is 15.8 Å². The highest BCUT2D eigenvalue weighted by Gasteiger charge is 2.32. The zero-order valence-corrected chi connectivity index (χ0v) is 18.1. The Balaban J connectivity index is 0.00000288. The van der Waals surface area contributed by atoms with E-state index in [2.05, 4.69) is 40.0 Å². The number of carbonyl (C=O) groups excluding carboxylic acids is 1. The van der Waals surface area contributed by atoms with Crippen molar-refractivity contribution in [3.63, 3.8) is 0 Å². The third-order valence-electron chi connectivity index (χ3n) is 4.40. The van der Waals surface area contributed by atoms with Crippen LogP contribution < -0.4 is 11.1 Å². The third kappa shape index (κ3) is 6.38. The Morgan fingerprint density at radius 2 is 1.96 bits per heavy atom. The van der Waals surface area contributed by atoms with Crippen molar-refractivity contribution in [2.24, 2.45) is 5.73 Å². The molecule has 0 bridgehead atoms. The summed E-state index contributed by atoms with van der Waals surface area (Å²) in [5.41, 5.74) is 6.00. The van der Waals surface area contributed by atoms with Gasteiger partial charge in [-0.15, -0.1) is 24.8 Å². The smallest absolute Gasteiger partial charge is 0.244 e. The molecule has 0 aliphatic carbocycles. The van der Waals surface area contributed by atoms with Gasteiger partial charge in [0.1, 0.15) is 5.54 Å². The van der Waals surface area contributed by atoms with Gasteiger partial charge in [0.25, 0.3) is 0 Å². The highest BCUT2D eigenvalue weighted by molar-refractivity contribution is 9.10. The molecule has 1 unspecified atom stereocenters. The molecule has 1 atom stereocenters. The van der Waals surface area contributed by atoms with Gasteiger partial charge in [-0.05, 0) is 38.5 Å². The lowest BCUT2D eigenvalue weighted by molar-refractivity contribution is -0.126. The van der Waals surface area contributed by atoms with Gasteiger partial charge in [-0.1, -0.05) is 28.1 Å². The molecule has 2 rings (SSSR count). The van der Waals surface area contributed by atoms with Gasteiger partial charge in [0.2, 0.25) is 5.91 Å². The van der Waals surface area contributed by atoms with Crippen LogP contribution in [-0.4, -0.2) is 49.2 Å². The molecule has 0 aromatic heterocycles. The zero-order chi connectivity index (χ0) is 17.1. The summed E-state index contributed by atoms with van der Waals surface area (Å²) in [6.45, 7) is 9.76. The van der Waals surface area contributed by atoms with Gasteiger partial charge >= 0.3 is 0 Å². The molecule has 25 heavy (non-hydrogen) atoms. The molecule has 1 saturated heterocycles. The summed E-state index contributed by atoms with van der Waals surface area (Å²) in [5, 5.41) is 2.96. The zero-order valence-electron chi connectivity index (χ0n) is 14.9. The highest BCUT2D eigenvalue weighted by atomic mass is 79.9. The molecule has 1 fully saturated rings. The number of carbonyl (C=O) groups is 1. The van der Waals surface area contributed by atoms with Crippen molar-refractivity contribution in [2.45, 2.75) is 31.8 Å². The lowest BCUT2D eigenvalue weighted by atomic mass is 9.92. The minimum absolute atomic E-state index is 0. The summed E-state index contributed by atoms with van der Waals surface area (Å²) in [5.74, 6) is -0.161. The fourth-order valence-electron chi connectivity index (χ4n) is 2.72. The fraction of sp³-hybridized carbons (Fsp3) is 0.588. The maximum atomic E-state index is 12.5. The molecule has 3 N–H and O–H groups in total. The first-order valence-electron chi connectivity index (χ1n) is 7.89. The quantitative estimate of drug-likeness (QED) is 0.714. The standard InChI is InChI=1S/C17H26BrN3O2.2ClH/c1-16(2)12-23-11-10-21(16)9-8-20-15(22)17(3,19)13-4-6-14(18)7-5-13;;/h4-7H,8-12,19H2,1-3H3,(H,20,22);2*1H. The SMILES string of the molecule is CC(N)(C(=O)NCCN1CCOCC1(C)C)c1ccc(Br)cc1.Cl.Cl. The monoisotopic (exact) mass is 455 g/mol. The number of nitrogens with zero attached hydrogens (tertiary/aromatic N) is 1. The average Bonchev–Trinajstić information content (AvgIpc) is 2.49. The molecule has 8 heteroatoms. The van der Waals surface area contributed by atoms with E-state index < -0.39 is 5.54 Å². The summed E-state index contributed by atoms with van der Waals surface area (Å²) in [4.78, 5) is 14.8. The van der Waals surface area contributed by atoms with Gasteiger partial charge in [-0.3, -0.25) is 9.69 Å². The topological polar surface area (TPSA) is 67.6 Å². The molecule has 1 amide bonds. The third-order valence-corrected chi connectivity index (χ3v) is 4.93. The van der Waals surface area contributed by atoms with Crippen molar-refractivity contribution in [3.05, 3.63) is 34.3 Å². The molecule has 0 spiro atoms. The van der Waals surface area contributed by atoms with E-state index in [0.29, 0.717) is 13.2 Å². The normalized spacial score (nSPS) is 19.1. The van der Waals surface area contributed by atoms with E-state index in [0.717, 1.165) is 29.7 Å². The van der Waals surface area contributed by atoms with Gasteiger partial charge in [-0.2, -0.15) is 0 Å². The second-order valence-electron chi connectivity index (χ2n) is 6.82. The van der Waals surface area contributed by atoms with Crippen LogP contribution in [0.3, 0.4) is 0 Å². The first kappa shape index (κ1) is 24.6. The number of nitrogens with two attached hydrogens (primary N) is 1. The minimum atomic E-state index is -1.04. The summed E-state index contributed by atoms with van der Waals surface area (Å²) in [7, 11) is 0. The number of rotatable bonds is 5. The van der Waals surface area contributed by atoms with Crippen molar-refractivity contribution in [1.29, 1.82) is 0 Å². The Morgan fingerprint density at radius 3 is 2.52 bits per heavy atom. The largest absolute Gasteiger partial charge is 0.378 e. The van der Waals surface area contributed by atoms with E-state index in [4.69, 9.17) is 10.5 Å². The molecule has 5 nitrogen and oxygen atoms in total. The molecule has 1 aromatic rings. The number of amides is 1. The average molecular weight is 457 g/mol. The lowest BCUT2D eigenvalue weighted by Gasteiger charge is -2.42. The Kier molecular flexibility index (Phi) is 9.94. The Morgan fingerprint density at radius 1 is 1.36 bits per heavy atom. The highest BCUT2D eigenvalue weighted by Crippen LogP contribution is 2.21. The van der Waals surface area contributed by atoms with Crippen LogP contribution in [-0.2, 0) is 15.1 Å². The van der Waals surface area contributed by atoms with Crippen LogP contribution in [0.1, 0.15) is 26.3 Å². The van der Waals surface area contributed by atoms with Crippen LogP contribution >= 0.6 is 40.7 Å². The summed E-state index contributed by atoms with van der Waals surface area (Å²) >= 11 is 3.39. The van der Waals surface area contributed by atoms with Crippen molar-refractivity contribution < 1.29 is 9.53 Å². The van der Waals surface area contributed by atoms with Crippen molar-refractivity contribution in [3.8, 4) is 0 Å². The second kappa shape index (κ2) is 10.1. The Bertz CT molecular complexity index is 553. The van der Waals surface area contributed by atoms with Crippen LogP contribution in [0.4, 0.5) is 0 Å². The summed E-state index contributed by atoms with van der Waals surface area (Å²) in [6.07, 6.45) is 0. The van der Waals surface area contributed by atoms with Crippen LogP contribution in [0, 0.1) is 0 Å². The molecule has 0 saturated carbocycles. The van der Waals surface area contributed by atoms with Gasteiger partial charge in [-0.25, -0.2) is 0 Å². The molecule has 1 heterocycles. The van der Waals surface area contributed by atoms with E-state index in [1.165, 1.54) is 0 Å². The minimum Gasteiger partial charge on any atom is -0.378 e. The first-order chi connectivity index (χ1) is 10.7. The van der Waals surface area contributed by atoms with E-state index in [-0.39, 0.29) is 36.3 Å². The van der Waals surface area contributed by atoms with Crippen molar-refractivity contribution >= 4 is 46.7 Å². The molecule has 1 aromatic carbocycles. The lowest BCUT2D eigenvalue weighted by Crippen LogP contribution is -2.56. The van der Waals surface area contributed by atoms with E-state index in [1.54, 1.807) is 6.92 Å². The fourth-order valence-corrected chi connectivity index (χ4v) is 2.98. The van der Waals surface area contributed by atoms with Gasteiger partial charge in [0.05, 0.1) is 13.2 Å². The van der Waals surface area contributed by atoms with E-state index in [9.17, 15) is 4.79 Å². The predicted octanol–water partition coefficient (Wildman–Crippen LogP) is 2.69. The number of ether oxygens (including phenoxy) is 1. The molecule has 1 aliphatic rings. The van der Waals surface area contributed by atoms with E-state index in [1.807, 2.05) is 24.3 Å². The molecular weight excluding hydrogens is 429 g/mol. The first-order valence-corrected chi connectivity index (χ1v) is 8.69. The van der Waals surface area contributed by atoms with Crippen molar-refractivity contribution in [1.82, 2.24) is 10.2 Å². The number of halogens is 3. The van der Waals surface area contributed by atoms with Crippen LogP contribution in [0.2, 0.25) is 0 Å². The van der Waals surface area contributed by atoms with Crippen molar-refractivity contribution in [2.75, 3.05) is 32.8 Å². The molecule has 0 radical (unpaired) electrons. The van der Waals surface area contributed by atoms with Crippen LogP contribution in [0.5, 0.6) is 0 Å². The Labute approximate surface area is 171 Å². The number of nitrogens with one attached hydrogen (secondary N) is 1. The number of hydrogen-bond donors (Lipinski definition) is 2. The van der Waals surface area contributed by atoms with E-state index >= 15 is 0 Å². The number of morpholine rings is 1. The molecule has 1 aliphatic heterocycles. The molecular formula is C17H28BrCl2N3O2. The second-order valence-corrected chi connectivity index (χ2v) is 7.73. The van der Waals surface area contributed by atoms with Gasteiger partial charge in [0.15, 0.2) is 0 Å². The summed E-state index contributed by atoms with van der Waals surface area (Å²) < 4.78 is 6.48. The Hall–Kier alpha value is -0.370. The van der Waals surface area contributed by atoms with Gasteiger partial charge in [0, 0.05) is 29.6 Å². The molecule has 144 valence electrons.